The van der Waals surface area contributed by atoms with E-state index in [1.165, 1.54) is 24.3 Å². The van der Waals surface area contributed by atoms with Gasteiger partial charge in [-0.3, -0.25) is 0 Å². The number of hydrogen-bond acceptors (Lipinski definition) is 4. The smallest absolute Gasteiger partial charge is 0.244 e. The van der Waals surface area contributed by atoms with E-state index in [1.807, 2.05) is 0 Å². The molecule has 2 N–H and O–H groups in total. The van der Waals surface area contributed by atoms with Crippen molar-refractivity contribution in [3.8, 4) is 0 Å². The highest BCUT2D eigenvalue weighted by molar-refractivity contribution is 5.48. The minimum Gasteiger partial charge on any atom is -0.761 e. The Morgan fingerprint density at radius 2 is 1.82 bits per heavy atom. The Morgan fingerprint density at radius 3 is 2.18 bits per heavy atom. The van der Waals surface area contributed by atoms with Crippen LogP contribution in [0.1, 0.15) is 0 Å². The zero-order chi connectivity index (χ0) is 8.27. The fraction of sp³-hybridized carbons (Fsp3) is 0. The van der Waals surface area contributed by atoms with Gasteiger partial charge in [-0.25, -0.2) is 0 Å². The Morgan fingerprint density at radius 1 is 1.27 bits per heavy atom. The highest BCUT2D eigenvalue weighted by Gasteiger charge is 1.97. The lowest BCUT2D eigenvalue weighted by molar-refractivity contribution is -0.465. The van der Waals surface area contributed by atoms with Gasteiger partial charge >= 0.3 is 0 Å². The van der Waals surface area contributed by atoms with Crippen LogP contribution >= 0.6 is 0 Å². The third-order valence-electron chi connectivity index (χ3n) is 1.22. The molecule has 0 atom stereocenters. The first-order valence-electron chi connectivity index (χ1n) is 2.91. The third-order valence-corrected chi connectivity index (χ3v) is 1.22. The molecule has 0 aromatic heterocycles. The summed E-state index contributed by atoms with van der Waals surface area (Å²) in [6.45, 7) is 0. The molecule has 0 heterocycles. The summed E-state index contributed by atoms with van der Waals surface area (Å²) in [6, 6.07) is 5.64. The summed E-state index contributed by atoms with van der Waals surface area (Å²) in [6.07, 6.45) is 0. The van der Waals surface area contributed by atoms with Gasteiger partial charge in [-0.15, -0.1) is 0 Å². The maximum absolute atomic E-state index is 10.3. The molecule has 0 saturated carbocycles. The number of hydrogen-bond donors (Lipinski definition) is 2. The van der Waals surface area contributed by atoms with Crippen LogP contribution in [0.2, 0.25) is 0 Å². The summed E-state index contributed by atoms with van der Waals surface area (Å²) in [5.41, 5.74) is 8.86. The third kappa shape index (κ3) is 1.65. The maximum atomic E-state index is 10.3. The Hall–Kier alpha value is -1.62. The van der Waals surface area contributed by atoms with Crippen molar-refractivity contribution in [3.05, 3.63) is 34.7 Å². The first-order valence-corrected chi connectivity index (χ1v) is 2.91. The van der Waals surface area contributed by atoms with Crippen molar-refractivity contribution in [2.45, 2.75) is 0 Å². The molecule has 0 aliphatic rings. The second-order valence-electron chi connectivity index (χ2n) is 1.94. The van der Waals surface area contributed by atoms with Gasteiger partial charge in [-0.05, 0) is 17.7 Å². The summed E-state index contributed by atoms with van der Waals surface area (Å²) < 4.78 is 0. The van der Waals surface area contributed by atoms with Crippen molar-refractivity contribution in [3.63, 3.8) is 0 Å². The molecule has 0 aliphatic heterocycles. The Labute approximate surface area is 62.9 Å². The summed E-state index contributed by atoms with van der Waals surface area (Å²) in [4.78, 5) is -0.0193. The number of anilines is 1. The van der Waals surface area contributed by atoms with Gasteiger partial charge in [0.25, 0.3) is 0 Å². The van der Waals surface area contributed by atoms with Gasteiger partial charge in [-0.1, -0.05) is 4.86 Å². The van der Waals surface area contributed by atoms with E-state index in [-0.39, 0.29) is 10.5 Å². The van der Waals surface area contributed by atoms with E-state index in [1.54, 1.807) is 5.48 Å². The average Bonchev–Trinajstić information content (AvgIpc) is 2.05. The molecule has 5 heteroatoms. The van der Waals surface area contributed by atoms with Crippen LogP contribution < -0.4 is 5.48 Å². The number of rotatable bonds is 2. The lowest BCUT2D eigenvalue weighted by Gasteiger charge is -2.07. The van der Waals surface area contributed by atoms with Crippen LogP contribution in [0, 0.1) is 15.9 Å². The second kappa shape index (κ2) is 2.98. The first-order chi connectivity index (χ1) is 5.24. The predicted octanol–water partition coefficient (Wildman–Crippen LogP) is 1.77. The SMILES string of the molecule is N=[N+]([O-])c1ccc(N[O-])cc1. The van der Waals surface area contributed by atoms with Crippen LogP contribution in [0.3, 0.4) is 0 Å². The molecule has 58 valence electrons. The van der Waals surface area contributed by atoms with Crippen LogP contribution in [-0.2, 0) is 0 Å². The van der Waals surface area contributed by atoms with E-state index >= 15 is 0 Å². The molecule has 0 saturated heterocycles. The summed E-state index contributed by atoms with van der Waals surface area (Å²) in [7, 11) is 0. The highest BCUT2D eigenvalue weighted by Crippen LogP contribution is 2.14. The lowest BCUT2D eigenvalue weighted by Crippen LogP contribution is -1.88. The fourth-order valence-corrected chi connectivity index (χ4v) is 0.665. The Kier molecular flexibility index (Phi) is 2.03. The zero-order valence-electron chi connectivity index (χ0n) is 5.57. The van der Waals surface area contributed by atoms with Crippen molar-refractivity contribution < 1.29 is 4.86 Å². The number of benzene rings is 1. The van der Waals surface area contributed by atoms with Crippen LogP contribution in [0.4, 0.5) is 11.4 Å². The van der Waals surface area contributed by atoms with Crippen LogP contribution in [-0.4, -0.2) is 4.86 Å². The molecule has 1 aromatic rings. The zero-order valence-corrected chi connectivity index (χ0v) is 5.57. The number of nitrogens with one attached hydrogen (secondary N) is 2. The van der Waals surface area contributed by atoms with Crippen LogP contribution in [0.5, 0.6) is 0 Å². The van der Waals surface area contributed by atoms with Gasteiger partial charge in [0.1, 0.15) is 0 Å². The predicted molar refractivity (Wildman–Crippen MR) is 39.4 cm³/mol. The molecular weight excluding hydrogens is 146 g/mol. The van der Waals surface area contributed by atoms with E-state index < -0.39 is 0 Å². The molecule has 0 spiro atoms. The van der Waals surface area contributed by atoms with E-state index in [0.29, 0.717) is 5.69 Å². The van der Waals surface area contributed by atoms with Gasteiger partial charge in [0.2, 0.25) is 5.69 Å². The molecule has 0 unspecified atom stereocenters. The van der Waals surface area contributed by atoms with Gasteiger partial charge in [-0.2, -0.15) is 0 Å². The van der Waals surface area contributed by atoms with Crippen molar-refractivity contribution >= 4 is 11.4 Å². The summed E-state index contributed by atoms with van der Waals surface area (Å²) >= 11 is 0. The molecule has 0 amide bonds. The second-order valence-corrected chi connectivity index (χ2v) is 1.94. The largest absolute Gasteiger partial charge is 0.761 e. The summed E-state index contributed by atoms with van der Waals surface area (Å²) in [5.74, 6) is 0. The highest BCUT2D eigenvalue weighted by atomic mass is 16.5. The molecule has 0 radical (unpaired) electrons. The fourth-order valence-electron chi connectivity index (χ4n) is 0.665. The molecule has 0 fully saturated rings. The molecule has 11 heavy (non-hydrogen) atoms. The van der Waals surface area contributed by atoms with Crippen molar-refractivity contribution in [2.24, 2.45) is 0 Å². The van der Waals surface area contributed by atoms with Crippen molar-refractivity contribution in [1.29, 1.82) is 5.53 Å². The molecule has 1 rings (SSSR count). The van der Waals surface area contributed by atoms with Gasteiger partial charge in [0.05, 0.1) is 0 Å². The van der Waals surface area contributed by atoms with E-state index in [9.17, 15) is 10.4 Å². The first kappa shape index (κ1) is 7.49. The summed E-state index contributed by atoms with van der Waals surface area (Å²) in [5, 5.41) is 20.4. The van der Waals surface area contributed by atoms with Crippen molar-refractivity contribution in [1.82, 2.24) is 0 Å². The minimum absolute atomic E-state index is 0.0193. The van der Waals surface area contributed by atoms with E-state index in [4.69, 9.17) is 5.53 Å². The molecular formula is C6H6N3O2-. The monoisotopic (exact) mass is 152 g/mol. The molecule has 1 aromatic carbocycles. The van der Waals surface area contributed by atoms with Gasteiger partial charge < -0.3 is 15.9 Å². The molecule has 0 bridgehead atoms. The van der Waals surface area contributed by atoms with Gasteiger partial charge in [0.15, 0.2) is 0 Å². The van der Waals surface area contributed by atoms with Crippen LogP contribution in [0.15, 0.2) is 24.3 Å². The van der Waals surface area contributed by atoms with Gasteiger partial charge in [0, 0.05) is 17.8 Å². The van der Waals surface area contributed by atoms with E-state index in [2.05, 4.69) is 0 Å². The minimum atomic E-state index is -0.0193. The Balaban J connectivity index is 2.91. The standard InChI is InChI=1S/C6H6N3O2/c7-9(11)6-3-1-5(8-10)2-4-6/h1-4,7-8H/q-1. The topological polar surface area (TPSA) is 85.0 Å². The van der Waals surface area contributed by atoms with E-state index in [0.717, 1.165) is 0 Å². The molecule has 5 nitrogen and oxygen atoms in total. The van der Waals surface area contributed by atoms with Crippen molar-refractivity contribution in [2.75, 3.05) is 5.48 Å². The maximum Gasteiger partial charge on any atom is 0.244 e. The molecule has 0 aliphatic carbocycles. The van der Waals surface area contributed by atoms with Crippen LogP contribution in [0.25, 0.3) is 0 Å². The normalized spacial score (nSPS) is 9.18. The lowest BCUT2D eigenvalue weighted by atomic mass is 10.3. The quantitative estimate of drug-likeness (QED) is 0.384. The number of nitrogens with zero attached hydrogens (tertiary/aromatic N) is 1. The average molecular weight is 152 g/mol. The Bertz CT molecular complexity index is 257.